The standard InChI is InChI=1S/C20H27N5O/c26-20-22-18-7-2-3-8-19(18)25(20)17-9-15-23(16-10-17)12-4-1-5-13-24-14-6-11-21-24/h2-3,6-8,11,14,17H,1,4-5,9-10,12-13,15-16H2,(H,22,26). The number of aryl methyl sites for hydroxylation is 1. The summed E-state index contributed by atoms with van der Waals surface area (Å²) in [6.45, 7) is 4.33. The van der Waals surface area contributed by atoms with Crippen molar-refractivity contribution in [2.24, 2.45) is 0 Å². The van der Waals surface area contributed by atoms with Gasteiger partial charge in [0.25, 0.3) is 0 Å². The van der Waals surface area contributed by atoms with E-state index in [0.29, 0.717) is 6.04 Å². The van der Waals surface area contributed by atoms with E-state index < -0.39 is 0 Å². The zero-order chi connectivity index (χ0) is 17.8. The van der Waals surface area contributed by atoms with Crippen molar-refractivity contribution in [1.29, 1.82) is 0 Å². The van der Waals surface area contributed by atoms with E-state index in [1.54, 1.807) is 0 Å². The fraction of sp³-hybridized carbons (Fsp3) is 0.500. The number of nitrogens with zero attached hydrogens (tertiary/aromatic N) is 4. The van der Waals surface area contributed by atoms with Gasteiger partial charge in [0.05, 0.1) is 11.0 Å². The summed E-state index contributed by atoms with van der Waals surface area (Å²) in [5, 5.41) is 4.24. The van der Waals surface area contributed by atoms with E-state index in [1.807, 2.05) is 52.0 Å². The van der Waals surface area contributed by atoms with Crippen LogP contribution in [0.15, 0.2) is 47.5 Å². The molecule has 138 valence electrons. The van der Waals surface area contributed by atoms with E-state index in [9.17, 15) is 4.79 Å². The highest BCUT2D eigenvalue weighted by Gasteiger charge is 2.23. The number of aromatic amines is 1. The van der Waals surface area contributed by atoms with Crippen LogP contribution in [0.4, 0.5) is 0 Å². The van der Waals surface area contributed by atoms with Crippen molar-refractivity contribution in [3.8, 4) is 0 Å². The molecule has 26 heavy (non-hydrogen) atoms. The van der Waals surface area contributed by atoms with Crippen molar-refractivity contribution in [3.05, 3.63) is 53.2 Å². The Hall–Kier alpha value is -2.34. The number of aromatic nitrogens is 4. The smallest absolute Gasteiger partial charge is 0.306 e. The Labute approximate surface area is 153 Å². The summed E-state index contributed by atoms with van der Waals surface area (Å²) in [7, 11) is 0. The first kappa shape index (κ1) is 17.1. The Morgan fingerprint density at radius 1 is 1.04 bits per heavy atom. The third-order valence-corrected chi connectivity index (χ3v) is 5.47. The molecule has 1 N–H and O–H groups in total. The molecule has 0 amide bonds. The van der Waals surface area contributed by atoms with Crippen LogP contribution in [0.3, 0.4) is 0 Å². The summed E-state index contributed by atoms with van der Waals surface area (Å²) in [5.74, 6) is 0. The molecule has 6 nitrogen and oxygen atoms in total. The van der Waals surface area contributed by atoms with Crippen molar-refractivity contribution in [1.82, 2.24) is 24.2 Å². The van der Waals surface area contributed by atoms with Crippen molar-refractivity contribution in [2.75, 3.05) is 19.6 Å². The zero-order valence-corrected chi connectivity index (χ0v) is 15.2. The normalized spacial score (nSPS) is 16.5. The van der Waals surface area contributed by atoms with Crippen LogP contribution in [0.25, 0.3) is 11.0 Å². The molecular formula is C20H27N5O. The lowest BCUT2D eigenvalue weighted by atomic mass is 10.0. The van der Waals surface area contributed by atoms with Gasteiger partial charge in [-0.05, 0) is 50.4 Å². The maximum absolute atomic E-state index is 12.3. The molecule has 4 rings (SSSR count). The predicted octanol–water partition coefficient (Wildman–Crippen LogP) is 3.03. The van der Waals surface area contributed by atoms with E-state index in [0.717, 1.165) is 50.1 Å². The Morgan fingerprint density at radius 2 is 1.85 bits per heavy atom. The number of para-hydroxylation sites is 2. The highest BCUT2D eigenvalue weighted by molar-refractivity contribution is 5.75. The van der Waals surface area contributed by atoms with Crippen molar-refractivity contribution >= 4 is 11.0 Å². The summed E-state index contributed by atoms with van der Waals surface area (Å²) >= 11 is 0. The van der Waals surface area contributed by atoms with Crippen LogP contribution in [-0.4, -0.2) is 43.9 Å². The average Bonchev–Trinajstić information content (AvgIpc) is 3.29. The lowest BCUT2D eigenvalue weighted by Crippen LogP contribution is -2.37. The highest BCUT2D eigenvalue weighted by atomic mass is 16.1. The quantitative estimate of drug-likeness (QED) is 0.664. The van der Waals surface area contributed by atoms with E-state index in [2.05, 4.69) is 15.0 Å². The molecule has 0 saturated carbocycles. The Balaban J connectivity index is 1.24. The minimum atomic E-state index is 0.0308. The monoisotopic (exact) mass is 353 g/mol. The largest absolute Gasteiger partial charge is 0.326 e. The topological polar surface area (TPSA) is 58.9 Å². The van der Waals surface area contributed by atoms with Gasteiger partial charge >= 0.3 is 5.69 Å². The van der Waals surface area contributed by atoms with Gasteiger partial charge in [0.1, 0.15) is 0 Å². The maximum Gasteiger partial charge on any atom is 0.326 e. The molecule has 0 atom stereocenters. The summed E-state index contributed by atoms with van der Waals surface area (Å²) in [4.78, 5) is 17.9. The third-order valence-electron chi connectivity index (χ3n) is 5.47. The first-order chi connectivity index (χ1) is 12.8. The molecule has 1 aromatic carbocycles. The van der Waals surface area contributed by atoms with Crippen LogP contribution in [-0.2, 0) is 6.54 Å². The second-order valence-electron chi connectivity index (χ2n) is 7.22. The number of piperidine rings is 1. The number of fused-ring (bicyclic) bond motifs is 1. The second-order valence-corrected chi connectivity index (χ2v) is 7.22. The summed E-state index contributed by atoms with van der Waals surface area (Å²) in [6, 6.07) is 10.3. The molecule has 6 heteroatoms. The molecule has 1 aliphatic heterocycles. The van der Waals surface area contributed by atoms with Crippen LogP contribution < -0.4 is 5.69 Å². The number of rotatable bonds is 7. The van der Waals surface area contributed by atoms with Crippen LogP contribution in [0, 0.1) is 0 Å². The predicted molar refractivity (Wildman–Crippen MR) is 103 cm³/mol. The van der Waals surface area contributed by atoms with Gasteiger partial charge in [-0.2, -0.15) is 5.10 Å². The van der Waals surface area contributed by atoms with Crippen LogP contribution in [0.1, 0.15) is 38.1 Å². The number of unbranched alkanes of at least 4 members (excludes halogenated alkanes) is 2. The highest BCUT2D eigenvalue weighted by Crippen LogP contribution is 2.24. The van der Waals surface area contributed by atoms with Gasteiger partial charge in [0, 0.05) is 38.1 Å². The number of hydrogen-bond acceptors (Lipinski definition) is 3. The Bertz CT molecular complexity index is 871. The van der Waals surface area contributed by atoms with Gasteiger partial charge in [-0.3, -0.25) is 9.25 Å². The number of likely N-dealkylation sites (tertiary alicyclic amines) is 1. The average molecular weight is 353 g/mol. The molecular weight excluding hydrogens is 326 g/mol. The minimum absolute atomic E-state index is 0.0308. The van der Waals surface area contributed by atoms with Gasteiger partial charge in [-0.1, -0.05) is 18.6 Å². The Kier molecular flexibility index (Phi) is 5.20. The molecule has 1 aliphatic rings. The van der Waals surface area contributed by atoms with Crippen LogP contribution >= 0.6 is 0 Å². The summed E-state index contributed by atoms with van der Waals surface area (Å²) in [5.41, 5.74) is 2.01. The van der Waals surface area contributed by atoms with E-state index in [4.69, 9.17) is 0 Å². The molecule has 0 radical (unpaired) electrons. The first-order valence-corrected chi connectivity index (χ1v) is 9.70. The Morgan fingerprint density at radius 3 is 2.65 bits per heavy atom. The molecule has 0 unspecified atom stereocenters. The molecule has 0 spiro atoms. The van der Waals surface area contributed by atoms with E-state index in [1.165, 1.54) is 19.3 Å². The molecule has 1 fully saturated rings. The van der Waals surface area contributed by atoms with Gasteiger partial charge in [0.2, 0.25) is 0 Å². The number of hydrogen-bond donors (Lipinski definition) is 1. The van der Waals surface area contributed by atoms with Crippen molar-refractivity contribution in [3.63, 3.8) is 0 Å². The fourth-order valence-electron chi connectivity index (χ4n) is 4.06. The lowest BCUT2D eigenvalue weighted by Gasteiger charge is -2.32. The van der Waals surface area contributed by atoms with Gasteiger partial charge < -0.3 is 9.88 Å². The minimum Gasteiger partial charge on any atom is -0.306 e. The van der Waals surface area contributed by atoms with Crippen LogP contribution in [0.5, 0.6) is 0 Å². The SMILES string of the molecule is O=c1[nH]c2ccccc2n1C1CCN(CCCCCn2cccn2)CC1. The first-order valence-electron chi connectivity index (χ1n) is 9.70. The number of nitrogens with one attached hydrogen (secondary N) is 1. The summed E-state index contributed by atoms with van der Waals surface area (Å²) < 4.78 is 3.97. The molecule has 1 saturated heterocycles. The molecule has 3 heterocycles. The maximum atomic E-state index is 12.3. The number of imidazole rings is 1. The third kappa shape index (κ3) is 3.75. The van der Waals surface area contributed by atoms with Crippen molar-refractivity contribution in [2.45, 2.75) is 44.7 Å². The van der Waals surface area contributed by atoms with Crippen LogP contribution in [0.2, 0.25) is 0 Å². The van der Waals surface area contributed by atoms with Gasteiger partial charge in [0.15, 0.2) is 0 Å². The van der Waals surface area contributed by atoms with Gasteiger partial charge in [-0.25, -0.2) is 4.79 Å². The van der Waals surface area contributed by atoms with Gasteiger partial charge in [-0.15, -0.1) is 0 Å². The molecule has 3 aromatic rings. The van der Waals surface area contributed by atoms with E-state index >= 15 is 0 Å². The molecule has 0 bridgehead atoms. The fourth-order valence-corrected chi connectivity index (χ4v) is 4.06. The zero-order valence-electron chi connectivity index (χ0n) is 15.2. The summed E-state index contributed by atoms with van der Waals surface area (Å²) in [6.07, 6.45) is 9.62. The lowest BCUT2D eigenvalue weighted by molar-refractivity contribution is 0.183. The second kappa shape index (κ2) is 7.91. The van der Waals surface area contributed by atoms with E-state index in [-0.39, 0.29) is 5.69 Å². The number of benzene rings is 1. The number of H-pyrrole nitrogens is 1. The molecule has 0 aliphatic carbocycles. The van der Waals surface area contributed by atoms with Crippen molar-refractivity contribution < 1.29 is 0 Å². The molecule has 2 aromatic heterocycles.